The van der Waals surface area contributed by atoms with Crippen LogP contribution in [0.15, 0.2) is 24.3 Å². The zero-order valence-electron chi connectivity index (χ0n) is 12.0. The van der Waals surface area contributed by atoms with E-state index in [-0.39, 0.29) is 0 Å². The van der Waals surface area contributed by atoms with Crippen molar-refractivity contribution in [2.45, 2.75) is 25.4 Å². The quantitative estimate of drug-likeness (QED) is 0.921. The number of hydrogen-bond acceptors (Lipinski definition) is 4. The summed E-state index contributed by atoms with van der Waals surface area (Å²) in [5, 5.41) is 3.68. The normalized spacial score (nSPS) is 23.8. The standard InChI is InChI=1S/C16H24N2OS/c1-2-15(13-20-11-1)17-12-14-3-5-16(6-4-14)18-7-9-19-10-8-18/h3-6,15,17H,1-2,7-13H2. The maximum atomic E-state index is 5.40. The predicted molar refractivity (Wildman–Crippen MR) is 86.7 cm³/mol. The van der Waals surface area contributed by atoms with Gasteiger partial charge in [-0.05, 0) is 36.3 Å². The molecule has 0 bridgehead atoms. The number of anilines is 1. The minimum absolute atomic E-state index is 0.702. The van der Waals surface area contributed by atoms with Gasteiger partial charge in [-0.15, -0.1) is 0 Å². The average Bonchev–Trinajstić information content (AvgIpc) is 2.55. The van der Waals surface area contributed by atoms with E-state index in [1.54, 1.807) is 0 Å². The molecule has 1 unspecified atom stereocenters. The summed E-state index contributed by atoms with van der Waals surface area (Å²) in [6.07, 6.45) is 2.69. The van der Waals surface area contributed by atoms with Gasteiger partial charge in [0.25, 0.3) is 0 Å². The van der Waals surface area contributed by atoms with E-state index in [4.69, 9.17) is 4.74 Å². The Bertz CT molecular complexity index is 397. The molecule has 20 heavy (non-hydrogen) atoms. The molecule has 1 aromatic rings. The molecule has 2 saturated heterocycles. The second kappa shape index (κ2) is 7.34. The molecule has 2 aliphatic heterocycles. The summed E-state index contributed by atoms with van der Waals surface area (Å²) in [5.41, 5.74) is 2.71. The zero-order chi connectivity index (χ0) is 13.6. The Morgan fingerprint density at radius 2 is 2.00 bits per heavy atom. The van der Waals surface area contributed by atoms with Crippen LogP contribution in [0.4, 0.5) is 5.69 Å². The fourth-order valence-electron chi connectivity index (χ4n) is 2.81. The van der Waals surface area contributed by atoms with Gasteiger partial charge in [0.1, 0.15) is 0 Å². The molecular weight excluding hydrogens is 268 g/mol. The molecule has 3 rings (SSSR count). The van der Waals surface area contributed by atoms with Crippen molar-refractivity contribution in [3.63, 3.8) is 0 Å². The molecule has 0 aliphatic carbocycles. The number of rotatable bonds is 4. The van der Waals surface area contributed by atoms with Crippen LogP contribution in [0.3, 0.4) is 0 Å². The lowest BCUT2D eigenvalue weighted by Crippen LogP contribution is -2.36. The van der Waals surface area contributed by atoms with Crippen LogP contribution in [0.5, 0.6) is 0 Å². The van der Waals surface area contributed by atoms with Crippen molar-refractivity contribution in [2.24, 2.45) is 0 Å². The smallest absolute Gasteiger partial charge is 0.0642 e. The first-order valence-corrected chi connectivity index (χ1v) is 8.80. The number of nitrogens with one attached hydrogen (secondary N) is 1. The molecule has 1 aromatic carbocycles. The van der Waals surface area contributed by atoms with Crippen LogP contribution in [0.25, 0.3) is 0 Å². The van der Waals surface area contributed by atoms with Crippen LogP contribution in [0, 0.1) is 0 Å². The van der Waals surface area contributed by atoms with E-state index in [0.29, 0.717) is 6.04 Å². The maximum Gasteiger partial charge on any atom is 0.0642 e. The summed E-state index contributed by atoms with van der Waals surface area (Å²) in [5.74, 6) is 2.61. The molecule has 3 nitrogen and oxygen atoms in total. The molecule has 2 heterocycles. The van der Waals surface area contributed by atoms with Crippen molar-refractivity contribution in [1.82, 2.24) is 5.32 Å². The van der Waals surface area contributed by atoms with Crippen LogP contribution in [-0.2, 0) is 11.3 Å². The molecule has 4 heteroatoms. The number of morpholine rings is 1. The van der Waals surface area contributed by atoms with Crippen LogP contribution in [0.1, 0.15) is 18.4 Å². The van der Waals surface area contributed by atoms with Crippen molar-refractivity contribution >= 4 is 17.4 Å². The molecule has 1 atom stereocenters. The molecule has 0 spiro atoms. The molecule has 2 aliphatic rings. The number of benzene rings is 1. The molecule has 2 fully saturated rings. The predicted octanol–water partition coefficient (Wildman–Crippen LogP) is 2.51. The third-order valence-corrected chi connectivity index (χ3v) is 5.28. The van der Waals surface area contributed by atoms with Gasteiger partial charge in [0.2, 0.25) is 0 Å². The maximum absolute atomic E-state index is 5.40. The second-order valence-corrected chi connectivity index (χ2v) is 6.71. The van der Waals surface area contributed by atoms with E-state index in [1.165, 1.54) is 35.6 Å². The monoisotopic (exact) mass is 292 g/mol. The third-order valence-electron chi connectivity index (χ3n) is 4.07. The van der Waals surface area contributed by atoms with E-state index in [0.717, 1.165) is 32.8 Å². The summed E-state index contributed by atoms with van der Waals surface area (Å²) in [4.78, 5) is 2.40. The lowest BCUT2D eigenvalue weighted by atomic mass is 10.1. The van der Waals surface area contributed by atoms with Gasteiger partial charge in [0.05, 0.1) is 13.2 Å². The first kappa shape index (κ1) is 14.2. The van der Waals surface area contributed by atoms with Gasteiger partial charge in [-0.2, -0.15) is 11.8 Å². The number of hydrogen-bond donors (Lipinski definition) is 1. The highest BCUT2D eigenvalue weighted by Crippen LogP contribution is 2.19. The molecule has 0 saturated carbocycles. The van der Waals surface area contributed by atoms with Crippen LogP contribution in [-0.4, -0.2) is 43.9 Å². The van der Waals surface area contributed by atoms with Crippen LogP contribution < -0.4 is 10.2 Å². The van der Waals surface area contributed by atoms with Gasteiger partial charge in [0, 0.05) is 37.1 Å². The fourth-order valence-corrected chi connectivity index (χ4v) is 3.92. The Morgan fingerprint density at radius 1 is 1.20 bits per heavy atom. The number of nitrogens with zero attached hydrogens (tertiary/aromatic N) is 1. The van der Waals surface area contributed by atoms with Crippen LogP contribution in [0.2, 0.25) is 0 Å². The van der Waals surface area contributed by atoms with Crippen LogP contribution >= 0.6 is 11.8 Å². The van der Waals surface area contributed by atoms with Gasteiger partial charge < -0.3 is 15.0 Å². The van der Waals surface area contributed by atoms with Crippen molar-refractivity contribution in [1.29, 1.82) is 0 Å². The molecule has 110 valence electrons. The van der Waals surface area contributed by atoms with E-state index in [1.807, 2.05) is 0 Å². The van der Waals surface area contributed by atoms with Crippen molar-refractivity contribution < 1.29 is 4.74 Å². The summed E-state index contributed by atoms with van der Waals surface area (Å²) < 4.78 is 5.40. The number of thioether (sulfide) groups is 1. The Labute approximate surface area is 126 Å². The highest BCUT2D eigenvalue weighted by molar-refractivity contribution is 7.99. The highest BCUT2D eigenvalue weighted by Gasteiger charge is 2.13. The average molecular weight is 292 g/mol. The Balaban J connectivity index is 1.50. The summed E-state index contributed by atoms with van der Waals surface area (Å²) in [6, 6.07) is 9.71. The van der Waals surface area contributed by atoms with Gasteiger partial charge in [-0.25, -0.2) is 0 Å². The highest BCUT2D eigenvalue weighted by atomic mass is 32.2. The lowest BCUT2D eigenvalue weighted by Gasteiger charge is -2.29. The van der Waals surface area contributed by atoms with Gasteiger partial charge >= 0.3 is 0 Å². The Hall–Kier alpha value is -0.710. The van der Waals surface area contributed by atoms with Gasteiger partial charge in [-0.1, -0.05) is 12.1 Å². The Kier molecular flexibility index (Phi) is 5.23. The topological polar surface area (TPSA) is 24.5 Å². The Morgan fingerprint density at radius 3 is 2.70 bits per heavy atom. The van der Waals surface area contributed by atoms with Gasteiger partial charge in [0.15, 0.2) is 0 Å². The minimum atomic E-state index is 0.702. The molecule has 0 radical (unpaired) electrons. The summed E-state index contributed by atoms with van der Waals surface area (Å²) in [7, 11) is 0. The lowest BCUT2D eigenvalue weighted by molar-refractivity contribution is 0.122. The van der Waals surface area contributed by atoms with E-state index in [2.05, 4.69) is 46.2 Å². The first-order chi connectivity index (χ1) is 9.92. The third kappa shape index (κ3) is 3.90. The SMILES string of the molecule is c1cc(N2CCOCC2)ccc1CNC1CCCSC1. The summed E-state index contributed by atoms with van der Waals surface area (Å²) in [6.45, 7) is 4.72. The molecule has 0 aromatic heterocycles. The minimum Gasteiger partial charge on any atom is -0.378 e. The molecular formula is C16H24N2OS. The van der Waals surface area contributed by atoms with E-state index < -0.39 is 0 Å². The number of ether oxygens (including phenoxy) is 1. The van der Waals surface area contributed by atoms with E-state index in [9.17, 15) is 0 Å². The first-order valence-electron chi connectivity index (χ1n) is 7.64. The second-order valence-electron chi connectivity index (χ2n) is 5.56. The van der Waals surface area contributed by atoms with Gasteiger partial charge in [-0.3, -0.25) is 0 Å². The van der Waals surface area contributed by atoms with E-state index >= 15 is 0 Å². The van der Waals surface area contributed by atoms with Crippen molar-refractivity contribution in [2.75, 3.05) is 42.7 Å². The summed E-state index contributed by atoms with van der Waals surface area (Å²) >= 11 is 2.08. The molecule has 0 amide bonds. The largest absolute Gasteiger partial charge is 0.378 e. The fraction of sp³-hybridized carbons (Fsp3) is 0.625. The molecule has 1 N–H and O–H groups in total. The van der Waals surface area contributed by atoms with Crippen molar-refractivity contribution in [3.05, 3.63) is 29.8 Å². The zero-order valence-corrected chi connectivity index (χ0v) is 12.8. The van der Waals surface area contributed by atoms with Crippen molar-refractivity contribution in [3.8, 4) is 0 Å².